The van der Waals surface area contributed by atoms with Gasteiger partial charge in [0.15, 0.2) is 0 Å². The van der Waals surface area contributed by atoms with Gasteiger partial charge in [-0.2, -0.15) is 0 Å². The summed E-state index contributed by atoms with van der Waals surface area (Å²) in [6.45, 7) is 3.69. The number of carbonyl (C=O) groups is 1. The zero-order valence-electron chi connectivity index (χ0n) is 12.8. The smallest absolute Gasteiger partial charge is 0.255 e. The van der Waals surface area contributed by atoms with Crippen LogP contribution in [0.15, 0.2) is 42.5 Å². The summed E-state index contributed by atoms with van der Waals surface area (Å²) in [6.07, 6.45) is 0. The normalized spacial score (nSPS) is 16.7. The van der Waals surface area contributed by atoms with Crippen LogP contribution in [0, 0.1) is 6.92 Å². The van der Waals surface area contributed by atoms with Crippen molar-refractivity contribution in [3.63, 3.8) is 0 Å². The van der Waals surface area contributed by atoms with E-state index in [1.54, 1.807) is 19.2 Å². The summed E-state index contributed by atoms with van der Waals surface area (Å²) in [5.41, 5.74) is 4.28. The summed E-state index contributed by atoms with van der Waals surface area (Å²) in [4.78, 5) is 12.6. The van der Waals surface area contributed by atoms with E-state index in [0.717, 1.165) is 13.1 Å². The van der Waals surface area contributed by atoms with Gasteiger partial charge in [0.1, 0.15) is 5.75 Å². The van der Waals surface area contributed by atoms with Crippen molar-refractivity contribution >= 4 is 5.91 Å². The van der Waals surface area contributed by atoms with Crippen LogP contribution in [0.2, 0.25) is 0 Å². The van der Waals surface area contributed by atoms with Gasteiger partial charge < -0.3 is 15.4 Å². The minimum absolute atomic E-state index is 0.0268. The quantitative estimate of drug-likeness (QED) is 0.915. The molecule has 0 saturated heterocycles. The Kier molecular flexibility index (Phi) is 4.11. The molecule has 1 atom stereocenters. The van der Waals surface area contributed by atoms with E-state index < -0.39 is 0 Å². The van der Waals surface area contributed by atoms with Crippen LogP contribution in [-0.2, 0) is 6.54 Å². The number of nitrogens with one attached hydrogen (secondary N) is 2. The van der Waals surface area contributed by atoms with Crippen LogP contribution in [0.4, 0.5) is 0 Å². The molecule has 0 fully saturated rings. The number of rotatable bonds is 3. The van der Waals surface area contributed by atoms with Gasteiger partial charge in [0, 0.05) is 13.1 Å². The fraction of sp³-hybridized carbons (Fsp3) is 0.278. The fourth-order valence-corrected chi connectivity index (χ4v) is 2.94. The second kappa shape index (κ2) is 6.20. The second-order valence-electron chi connectivity index (χ2n) is 5.50. The fourth-order valence-electron chi connectivity index (χ4n) is 2.94. The average molecular weight is 296 g/mol. The summed E-state index contributed by atoms with van der Waals surface area (Å²) in [7, 11) is 1.58. The molecule has 2 N–H and O–H groups in total. The lowest BCUT2D eigenvalue weighted by Crippen LogP contribution is -2.39. The lowest BCUT2D eigenvalue weighted by molar-refractivity contribution is 0.0931. The first kappa shape index (κ1) is 14.6. The lowest BCUT2D eigenvalue weighted by Gasteiger charge is -2.28. The average Bonchev–Trinajstić information content (AvgIpc) is 2.55. The van der Waals surface area contributed by atoms with E-state index in [2.05, 4.69) is 29.7 Å². The van der Waals surface area contributed by atoms with E-state index in [1.165, 1.54) is 16.7 Å². The number of benzene rings is 2. The molecule has 0 aromatic heterocycles. The van der Waals surface area contributed by atoms with Gasteiger partial charge in [-0.15, -0.1) is 0 Å². The molecule has 2 aromatic carbocycles. The molecule has 1 heterocycles. The van der Waals surface area contributed by atoms with E-state index >= 15 is 0 Å². The number of hydrogen-bond acceptors (Lipinski definition) is 3. The Labute approximate surface area is 130 Å². The van der Waals surface area contributed by atoms with Gasteiger partial charge in [-0.3, -0.25) is 4.79 Å². The minimum Gasteiger partial charge on any atom is -0.496 e. The number of hydrogen-bond donors (Lipinski definition) is 2. The molecule has 114 valence electrons. The van der Waals surface area contributed by atoms with E-state index in [-0.39, 0.29) is 11.9 Å². The Hall–Kier alpha value is -2.33. The largest absolute Gasteiger partial charge is 0.496 e. The van der Waals surface area contributed by atoms with Crippen molar-refractivity contribution in [2.45, 2.75) is 19.5 Å². The summed E-state index contributed by atoms with van der Waals surface area (Å²) in [6, 6.07) is 13.5. The number of amides is 1. The van der Waals surface area contributed by atoms with Gasteiger partial charge >= 0.3 is 0 Å². The number of aryl methyl sites for hydroxylation is 1. The highest BCUT2D eigenvalue weighted by atomic mass is 16.5. The third-order valence-electron chi connectivity index (χ3n) is 4.13. The van der Waals surface area contributed by atoms with Gasteiger partial charge in [-0.1, -0.05) is 30.3 Å². The summed E-state index contributed by atoms with van der Waals surface area (Å²) in [5, 5.41) is 6.48. The van der Waals surface area contributed by atoms with Gasteiger partial charge in [-0.05, 0) is 35.7 Å². The molecular formula is C18H20N2O2. The first-order valence-electron chi connectivity index (χ1n) is 7.43. The lowest BCUT2D eigenvalue weighted by atomic mass is 9.93. The molecule has 0 bridgehead atoms. The Morgan fingerprint density at radius 1 is 1.23 bits per heavy atom. The maximum Gasteiger partial charge on any atom is 0.255 e. The molecule has 0 radical (unpaired) electrons. The molecule has 4 heteroatoms. The Balaban J connectivity index is 1.86. The molecule has 0 aliphatic carbocycles. The van der Waals surface area contributed by atoms with Gasteiger partial charge in [0.05, 0.1) is 18.7 Å². The molecule has 4 nitrogen and oxygen atoms in total. The first-order valence-corrected chi connectivity index (χ1v) is 7.43. The van der Waals surface area contributed by atoms with Crippen LogP contribution < -0.4 is 15.4 Å². The molecule has 1 unspecified atom stereocenters. The van der Waals surface area contributed by atoms with Crippen LogP contribution in [0.3, 0.4) is 0 Å². The second-order valence-corrected chi connectivity index (χ2v) is 5.50. The first-order chi connectivity index (χ1) is 10.7. The minimum atomic E-state index is -0.112. The number of fused-ring (bicyclic) bond motifs is 1. The molecule has 1 aliphatic rings. The Morgan fingerprint density at radius 2 is 2.05 bits per heavy atom. The van der Waals surface area contributed by atoms with Crippen LogP contribution in [0.5, 0.6) is 5.75 Å². The summed E-state index contributed by atoms with van der Waals surface area (Å²) >= 11 is 0. The molecule has 1 aliphatic heterocycles. The highest BCUT2D eigenvalue weighted by Gasteiger charge is 2.23. The van der Waals surface area contributed by atoms with Crippen molar-refractivity contribution in [3.8, 4) is 5.75 Å². The third kappa shape index (κ3) is 2.70. The zero-order chi connectivity index (χ0) is 15.5. The van der Waals surface area contributed by atoms with E-state index in [4.69, 9.17) is 4.74 Å². The number of para-hydroxylation sites is 1. The monoisotopic (exact) mass is 296 g/mol. The molecule has 22 heavy (non-hydrogen) atoms. The Bertz CT molecular complexity index is 697. The topological polar surface area (TPSA) is 50.4 Å². The van der Waals surface area contributed by atoms with E-state index in [0.29, 0.717) is 11.3 Å². The van der Waals surface area contributed by atoms with E-state index in [1.807, 2.05) is 18.2 Å². The third-order valence-corrected chi connectivity index (χ3v) is 4.13. The van der Waals surface area contributed by atoms with Crippen LogP contribution in [-0.4, -0.2) is 19.6 Å². The number of ether oxygens (including phenoxy) is 1. The van der Waals surface area contributed by atoms with Crippen LogP contribution >= 0.6 is 0 Å². The predicted molar refractivity (Wildman–Crippen MR) is 86.1 cm³/mol. The molecule has 3 rings (SSSR count). The maximum atomic E-state index is 12.6. The van der Waals surface area contributed by atoms with Crippen LogP contribution in [0.25, 0.3) is 0 Å². The number of carbonyl (C=O) groups excluding carboxylic acids is 1. The van der Waals surface area contributed by atoms with Gasteiger partial charge in [0.2, 0.25) is 0 Å². The van der Waals surface area contributed by atoms with E-state index in [9.17, 15) is 4.79 Å². The van der Waals surface area contributed by atoms with Gasteiger partial charge in [0.25, 0.3) is 5.91 Å². The highest BCUT2D eigenvalue weighted by Crippen LogP contribution is 2.26. The predicted octanol–water partition coefficient (Wildman–Crippen LogP) is 2.58. The van der Waals surface area contributed by atoms with Crippen molar-refractivity contribution in [3.05, 3.63) is 64.7 Å². The van der Waals surface area contributed by atoms with Crippen molar-refractivity contribution in [2.75, 3.05) is 13.7 Å². The summed E-state index contributed by atoms with van der Waals surface area (Å²) < 4.78 is 5.27. The standard InChI is InChI=1S/C18H20N2O2/c1-12-6-5-8-13-15(12)10-19-11-16(13)20-18(21)14-7-3-4-9-17(14)22-2/h3-9,16,19H,10-11H2,1-2H3,(H,20,21). The van der Waals surface area contributed by atoms with Crippen molar-refractivity contribution < 1.29 is 9.53 Å². The zero-order valence-corrected chi connectivity index (χ0v) is 12.8. The maximum absolute atomic E-state index is 12.6. The Morgan fingerprint density at radius 3 is 2.86 bits per heavy atom. The van der Waals surface area contributed by atoms with Crippen LogP contribution in [0.1, 0.15) is 33.1 Å². The van der Waals surface area contributed by atoms with Crippen molar-refractivity contribution in [1.29, 1.82) is 0 Å². The molecule has 0 saturated carbocycles. The SMILES string of the molecule is COc1ccccc1C(=O)NC1CNCc2c(C)cccc21. The summed E-state index contributed by atoms with van der Waals surface area (Å²) in [5.74, 6) is 0.479. The molecule has 0 spiro atoms. The van der Waals surface area contributed by atoms with Crippen molar-refractivity contribution in [1.82, 2.24) is 10.6 Å². The van der Waals surface area contributed by atoms with Crippen molar-refractivity contribution in [2.24, 2.45) is 0 Å². The number of methoxy groups -OCH3 is 1. The van der Waals surface area contributed by atoms with Gasteiger partial charge in [-0.25, -0.2) is 0 Å². The molecule has 1 amide bonds. The highest BCUT2D eigenvalue weighted by molar-refractivity contribution is 5.97. The molecular weight excluding hydrogens is 276 g/mol. The molecule has 2 aromatic rings.